The molecule has 0 amide bonds. The standard InChI is InChI=1S/C13H24N4/c1-11-13(10-17(3)15-11)8-14-7-12-5-4-6-16(2)9-12/h10,12,14H,4-9H2,1-3H3. The topological polar surface area (TPSA) is 33.1 Å². The molecule has 0 bridgehead atoms. The highest BCUT2D eigenvalue weighted by Crippen LogP contribution is 2.14. The summed E-state index contributed by atoms with van der Waals surface area (Å²) in [5, 5.41) is 7.92. The van der Waals surface area contributed by atoms with Crippen molar-refractivity contribution in [2.75, 3.05) is 26.7 Å². The molecule has 96 valence electrons. The lowest BCUT2D eigenvalue weighted by atomic mass is 9.98. The number of likely N-dealkylation sites (tertiary alicyclic amines) is 1. The van der Waals surface area contributed by atoms with E-state index in [0.717, 1.165) is 24.7 Å². The van der Waals surface area contributed by atoms with Gasteiger partial charge in [-0.1, -0.05) is 0 Å². The summed E-state index contributed by atoms with van der Waals surface area (Å²) in [6.07, 6.45) is 4.81. The first kappa shape index (κ1) is 12.6. The van der Waals surface area contributed by atoms with Crippen LogP contribution >= 0.6 is 0 Å². The summed E-state index contributed by atoms with van der Waals surface area (Å²) in [4.78, 5) is 2.44. The molecule has 1 aromatic heterocycles. The van der Waals surface area contributed by atoms with E-state index in [4.69, 9.17) is 0 Å². The van der Waals surface area contributed by atoms with Crippen molar-refractivity contribution in [2.24, 2.45) is 13.0 Å². The van der Waals surface area contributed by atoms with E-state index in [-0.39, 0.29) is 0 Å². The average Bonchev–Trinajstić information content (AvgIpc) is 2.58. The molecule has 2 rings (SSSR count). The third kappa shape index (κ3) is 3.54. The number of aryl methyl sites for hydroxylation is 2. The maximum Gasteiger partial charge on any atom is 0.0638 e. The fourth-order valence-corrected chi connectivity index (χ4v) is 2.67. The maximum absolute atomic E-state index is 4.36. The summed E-state index contributed by atoms with van der Waals surface area (Å²) in [6.45, 7) is 6.64. The quantitative estimate of drug-likeness (QED) is 0.851. The first-order valence-corrected chi connectivity index (χ1v) is 6.53. The Bertz CT molecular complexity index is 358. The predicted octanol–water partition coefficient (Wildman–Crippen LogP) is 1.16. The fraction of sp³-hybridized carbons (Fsp3) is 0.769. The summed E-state index contributed by atoms with van der Waals surface area (Å²) in [5.74, 6) is 0.811. The van der Waals surface area contributed by atoms with Gasteiger partial charge in [-0.3, -0.25) is 4.68 Å². The Morgan fingerprint density at radius 3 is 2.94 bits per heavy atom. The van der Waals surface area contributed by atoms with E-state index in [1.807, 2.05) is 11.7 Å². The molecule has 0 radical (unpaired) electrons. The number of rotatable bonds is 4. The Morgan fingerprint density at radius 1 is 1.47 bits per heavy atom. The Balaban J connectivity index is 1.74. The van der Waals surface area contributed by atoms with Gasteiger partial charge in [-0.05, 0) is 45.8 Å². The van der Waals surface area contributed by atoms with Gasteiger partial charge in [0.2, 0.25) is 0 Å². The molecule has 0 aliphatic carbocycles. The lowest BCUT2D eigenvalue weighted by Crippen LogP contribution is -2.37. The molecular weight excluding hydrogens is 212 g/mol. The Labute approximate surface area is 104 Å². The molecule has 1 aliphatic heterocycles. The van der Waals surface area contributed by atoms with Crippen molar-refractivity contribution in [2.45, 2.75) is 26.3 Å². The van der Waals surface area contributed by atoms with Crippen LogP contribution in [0.3, 0.4) is 0 Å². The highest BCUT2D eigenvalue weighted by molar-refractivity contribution is 5.14. The molecule has 0 spiro atoms. The van der Waals surface area contributed by atoms with Crippen LogP contribution in [0.5, 0.6) is 0 Å². The second kappa shape index (κ2) is 5.65. The molecular formula is C13H24N4. The van der Waals surface area contributed by atoms with Crippen LogP contribution in [0.25, 0.3) is 0 Å². The molecule has 2 heterocycles. The first-order valence-electron chi connectivity index (χ1n) is 6.53. The predicted molar refractivity (Wildman–Crippen MR) is 69.9 cm³/mol. The number of nitrogens with one attached hydrogen (secondary N) is 1. The van der Waals surface area contributed by atoms with E-state index in [2.05, 4.69) is 35.5 Å². The van der Waals surface area contributed by atoms with Crippen LogP contribution in [0.15, 0.2) is 6.20 Å². The van der Waals surface area contributed by atoms with Gasteiger partial charge in [0.1, 0.15) is 0 Å². The Kier molecular flexibility index (Phi) is 4.18. The molecule has 1 N–H and O–H groups in total. The van der Waals surface area contributed by atoms with Gasteiger partial charge < -0.3 is 10.2 Å². The van der Waals surface area contributed by atoms with E-state index < -0.39 is 0 Å². The molecule has 1 aliphatic rings. The largest absolute Gasteiger partial charge is 0.312 e. The molecule has 0 saturated carbocycles. The highest BCUT2D eigenvalue weighted by atomic mass is 15.2. The maximum atomic E-state index is 4.36. The lowest BCUT2D eigenvalue weighted by Gasteiger charge is -2.29. The summed E-state index contributed by atoms with van der Waals surface area (Å²) in [6, 6.07) is 0. The molecule has 0 aromatic carbocycles. The van der Waals surface area contributed by atoms with E-state index >= 15 is 0 Å². The molecule has 4 nitrogen and oxygen atoms in total. The number of hydrogen-bond donors (Lipinski definition) is 1. The number of hydrogen-bond acceptors (Lipinski definition) is 3. The van der Waals surface area contributed by atoms with Gasteiger partial charge in [-0.15, -0.1) is 0 Å². The van der Waals surface area contributed by atoms with Crippen LogP contribution in [0.2, 0.25) is 0 Å². The smallest absolute Gasteiger partial charge is 0.0638 e. The minimum Gasteiger partial charge on any atom is -0.312 e. The minimum absolute atomic E-state index is 0.811. The van der Waals surface area contributed by atoms with E-state index in [1.165, 1.54) is 31.5 Å². The van der Waals surface area contributed by atoms with Gasteiger partial charge in [0.15, 0.2) is 0 Å². The van der Waals surface area contributed by atoms with Gasteiger partial charge >= 0.3 is 0 Å². The third-order valence-electron chi connectivity index (χ3n) is 3.59. The average molecular weight is 236 g/mol. The first-order chi connectivity index (χ1) is 8.15. The monoisotopic (exact) mass is 236 g/mol. The number of aromatic nitrogens is 2. The molecule has 4 heteroatoms. The molecule has 1 unspecified atom stereocenters. The van der Waals surface area contributed by atoms with Crippen LogP contribution in [0, 0.1) is 12.8 Å². The van der Waals surface area contributed by atoms with Crippen molar-refractivity contribution in [1.29, 1.82) is 0 Å². The molecule has 1 atom stereocenters. The summed E-state index contributed by atoms with van der Waals surface area (Å²) in [7, 11) is 4.20. The van der Waals surface area contributed by atoms with Crippen LogP contribution in [0.4, 0.5) is 0 Å². The van der Waals surface area contributed by atoms with Crippen LogP contribution < -0.4 is 5.32 Å². The van der Waals surface area contributed by atoms with Gasteiger partial charge in [-0.2, -0.15) is 5.10 Å². The van der Waals surface area contributed by atoms with Crippen molar-refractivity contribution in [3.05, 3.63) is 17.5 Å². The normalized spacial score (nSPS) is 21.9. The zero-order valence-electron chi connectivity index (χ0n) is 11.2. The highest BCUT2D eigenvalue weighted by Gasteiger charge is 2.16. The zero-order valence-corrected chi connectivity index (χ0v) is 11.2. The van der Waals surface area contributed by atoms with Crippen molar-refractivity contribution >= 4 is 0 Å². The van der Waals surface area contributed by atoms with Gasteiger partial charge in [0.05, 0.1) is 5.69 Å². The van der Waals surface area contributed by atoms with E-state index in [0.29, 0.717) is 0 Å². The summed E-state index contributed by atoms with van der Waals surface area (Å²) >= 11 is 0. The van der Waals surface area contributed by atoms with E-state index in [9.17, 15) is 0 Å². The van der Waals surface area contributed by atoms with Crippen molar-refractivity contribution in [3.63, 3.8) is 0 Å². The second-order valence-corrected chi connectivity index (χ2v) is 5.31. The molecule has 17 heavy (non-hydrogen) atoms. The number of nitrogens with zero attached hydrogens (tertiary/aromatic N) is 3. The summed E-state index contributed by atoms with van der Waals surface area (Å²) in [5.41, 5.74) is 2.46. The van der Waals surface area contributed by atoms with Crippen LogP contribution in [0.1, 0.15) is 24.1 Å². The Morgan fingerprint density at radius 2 is 2.29 bits per heavy atom. The molecule has 1 saturated heterocycles. The summed E-state index contributed by atoms with van der Waals surface area (Å²) < 4.78 is 1.89. The second-order valence-electron chi connectivity index (χ2n) is 5.31. The van der Waals surface area contributed by atoms with E-state index in [1.54, 1.807) is 0 Å². The van der Waals surface area contributed by atoms with Crippen LogP contribution in [-0.2, 0) is 13.6 Å². The fourth-order valence-electron chi connectivity index (χ4n) is 2.67. The lowest BCUT2D eigenvalue weighted by molar-refractivity contribution is 0.206. The van der Waals surface area contributed by atoms with Crippen molar-refractivity contribution < 1.29 is 0 Å². The molecule has 1 aromatic rings. The SMILES string of the molecule is Cc1nn(C)cc1CNCC1CCCN(C)C1. The zero-order chi connectivity index (χ0) is 12.3. The third-order valence-corrected chi connectivity index (χ3v) is 3.59. The van der Waals surface area contributed by atoms with Crippen molar-refractivity contribution in [3.8, 4) is 0 Å². The van der Waals surface area contributed by atoms with Crippen LogP contribution in [-0.4, -0.2) is 41.4 Å². The van der Waals surface area contributed by atoms with Gasteiger partial charge in [-0.25, -0.2) is 0 Å². The molecule has 1 fully saturated rings. The minimum atomic E-state index is 0.811. The Hall–Kier alpha value is -0.870. The van der Waals surface area contributed by atoms with Gasteiger partial charge in [0.25, 0.3) is 0 Å². The number of piperidine rings is 1. The van der Waals surface area contributed by atoms with Crippen molar-refractivity contribution in [1.82, 2.24) is 20.0 Å². The van der Waals surface area contributed by atoms with Gasteiger partial charge in [0, 0.05) is 31.9 Å².